The van der Waals surface area contributed by atoms with E-state index in [1.165, 1.54) is 0 Å². The molecule has 17 heavy (non-hydrogen) atoms. The lowest BCUT2D eigenvalue weighted by molar-refractivity contribution is 0.526. The lowest BCUT2D eigenvalue weighted by atomic mass is 10.1. The molecule has 0 aliphatic rings. The average Bonchev–Trinajstić information content (AvgIpc) is 2.19. The number of nitrogens with two attached hydrogens (primary N) is 1. The molecule has 1 aromatic rings. The van der Waals surface area contributed by atoms with Crippen LogP contribution in [0.1, 0.15) is 18.5 Å². The van der Waals surface area contributed by atoms with Crippen LogP contribution in [-0.2, 0) is 10.0 Å². The lowest BCUT2D eigenvalue weighted by Crippen LogP contribution is -2.29. The third-order valence-electron chi connectivity index (χ3n) is 2.26. The van der Waals surface area contributed by atoms with Crippen molar-refractivity contribution in [1.29, 1.82) is 0 Å². The highest BCUT2D eigenvalue weighted by atomic mass is 32.2. The zero-order valence-corrected chi connectivity index (χ0v) is 10.1. The molecule has 0 spiro atoms. The molecule has 4 nitrogen and oxygen atoms in total. The van der Waals surface area contributed by atoms with Crippen molar-refractivity contribution in [2.75, 3.05) is 12.3 Å². The van der Waals surface area contributed by atoms with Gasteiger partial charge in [0.15, 0.2) is 0 Å². The smallest absolute Gasteiger partial charge is 0.210 e. The molecule has 1 aromatic carbocycles. The summed E-state index contributed by atoms with van der Waals surface area (Å²) in [4.78, 5) is 0. The third kappa shape index (κ3) is 4.76. The van der Waals surface area contributed by atoms with Gasteiger partial charge in [-0.15, -0.1) is 0 Å². The predicted molar refractivity (Wildman–Crippen MR) is 60.7 cm³/mol. The fraction of sp³-hybridized carbons (Fsp3) is 0.400. The van der Waals surface area contributed by atoms with Crippen molar-refractivity contribution >= 4 is 10.0 Å². The molecule has 0 radical (unpaired) electrons. The predicted octanol–water partition coefficient (Wildman–Crippen LogP) is 0.904. The molecule has 1 atom stereocenters. The van der Waals surface area contributed by atoms with Gasteiger partial charge < -0.3 is 5.32 Å². The molecule has 0 aromatic heterocycles. The van der Waals surface area contributed by atoms with Crippen molar-refractivity contribution in [2.24, 2.45) is 5.14 Å². The number of hydrogen-bond acceptors (Lipinski definition) is 3. The van der Waals surface area contributed by atoms with E-state index in [0.29, 0.717) is 0 Å². The van der Waals surface area contributed by atoms with E-state index in [1.807, 2.05) is 0 Å². The van der Waals surface area contributed by atoms with Crippen LogP contribution in [0.15, 0.2) is 18.2 Å². The Hall–Kier alpha value is -1.05. The highest BCUT2D eigenvalue weighted by Gasteiger charge is 2.12. The van der Waals surface area contributed by atoms with Crippen LogP contribution >= 0.6 is 0 Å². The van der Waals surface area contributed by atoms with E-state index < -0.39 is 27.7 Å². The summed E-state index contributed by atoms with van der Waals surface area (Å²) in [6.45, 7) is 1.69. The Labute approximate surface area is 98.9 Å². The van der Waals surface area contributed by atoms with E-state index in [9.17, 15) is 17.2 Å². The van der Waals surface area contributed by atoms with Crippen molar-refractivity contribution in [3.63, 3.8) is 0 Å². The Kier molecular flexibility index (Phi) is 4.55. The minimum absolute atomic E-state index is 0.0793. The van der Waals surface area contributed by atoms with Crippen molar-refractivity contribution in [2.45, 2.75) is 13.0 Å². The third-order valence-corrected chi connectivity index (χ3v) is 3.03. The second-order valence-electron chi connectivity index (χ2n) is 3.71. The summed E-state index contributed by atoms with van der Waals surface area (Å²) in [7, 11) is -3.55. The van der Waals surface area contributed by atoms with E-state index in [1.54, 1.807) is 6.92 Å². The van der Waals surface area contributed by atoms with Crippen molar-refractivity contribution in [1.82, 2.24) is 5.32 Å². The second-order valence-corrected chi connectivity index (χ2v) is 5.44. The highest BCUT2D eigenvalue weighted by Crippen LogP contribution is 2.17. The van der Waals surface area contributed by atoms with Crippen molar-refractivity contribution in [3.8, 4) is 0 Å². The summed E-state index contributed by atoms with van der Waals surface area (Å²) >= 11 is 0. The van der Waals surface area contributed by atoms with Crippen LogP contribution in [-0.4, -0.2) is 20.7 Å². The largest absolute Gasteiger partial charge is 0.309 e. The SMILES string of the molecule is CC(NCCS(N)(=O)=O)c1cc(F)ccc1F. The van der Waals surface area contributed by atoms with Crippen molar-refractivity contribution in [3.05, 3.63) is 35.4 Å². The van der Waals surface area contributed by atoms with E-state index in [4.69, 9.17) is 5.14 Å². The molecular weight excluding hydrogens is 250 g/mol. The Morgan fingerprint density at radius 2 is 2.06 bits per heavy atom. The minimum atomic E-state index is -3.55. The fourth-order valence-electron chi connectivity index (χ4n) is 1.37. The topological polar surface area (TPSA) is 72.2 Å². The maximum Gasteiger partial charge on any atom is 0.210 e. The second kappa shape index (κ2) is 5.52. The summed E-state index contributed by atoms with van der Waals surface area (Å²) < 4.78 is 47.6. The lowest BCUT2D eigenvalue weighted by Gasteiger charge is -2.14. The summed E-state index contributed by atoms with van der Waals surface area (Å²) in [5.74, 6) is -1.34. The Morgan fingerprint density at radius 1 is 1.41 bits per heavy atom. The van der Waals surface area contributed by atoms with Gasteiger partial charge in [-0.1, -0.05) is 0 Å². The maximum atomic E-state index is 13.3. The summed E-state index contributed by atoms with van der Waals surface area (Å²) in [6.07, 6.45) is 0. The molecular formula is C10H14F2N2O2S. The molecule has 7 heteroatoms. The first-order chi connectivity index (χ1) is 7.79. The molecule has 3 N–H and O–H groups in total. The molecule has 96 valence electrons. The van der Waals surface area contributed by atoms with Gasteiger partial charge in [-0.05, 0) is 25.1 Å². The molecule has 0 amide bonds. The van der Waals surface area contributed by atoms with E-state index in [2.05, 4.69) is 5.32 Å². The fourth-order valence-corrected chi connectivity index (χ4v) is 1.78. The molecule has 1 rings (SSSR count). The average molecular weight is 264 g/mol. The number of nitrogens with one attached hydrogen (secondary N) is 1. The summed E-state index contributed by atoms with van der Waals surface area (Å²) in [5, 5.41) is 7.57. The monoisotopic (exact) mass is 264 g/mol. The Bertz CT molecular complexity index is 491. The zero-order valence-electron chi connectivity index (χ0n) is 9.28. The first-order valence-corrected chi connectivity index (χ1v) is 6.70. The van der Waals surface area contributed by atoms with Gasteiger partial charge in [0, 0.05) is 18.2 Å². The van der Waals surface area contributed by atoms with Gasteiger partial charge in [0.05, 0.1) is 5.75 Å². The number of primary sulfonamides is 1. The number of sulfonamides is 1. The first-order valence-electron chi connectivity index (χ1n) is 4.98. The molecule has 0 fully saturated rings. The quantitative estimate of drug-likeness (QED) is 0.830. The number of rotatable bonds is 5. The zero-order chi connectivity index (χ0) is 13.1. The Balaban J connectivity index is 2.64. The van der Waals surface area contributed by atoms with Crippen LogP contribution in [0.25, 0.3) is 0 Å². The maximum absolute atomic E-state index is 13.3. The molecule has 0 aliphatic carbocycles. The van der Waals surface area contributed by atoms with Gasteiger partial charge >= 0.3 is 0 Å². The molecule has 0 bridgehead atoms. The van der Waals surface area contributed by atoms with Crippen molar-refractivity contribution < 1.29 is 17.2 Å². The number of hydrogen-bond donors (Lipinski definition) is 2. The molecule has 0 aliphatic heterocycles. The van der Waals surface area contributed by atoms with Gasteiger partial charge in [0.1, 0.15) is 11.6 Å². The highest BCUT2D eigenvalue weighted by molar-refractivity contribution is 7.89. The van der Waals surface area contributed by atoms with E-state index in [-0.39, 0.29) is 17.9 Å². The van der Waals surface area contributed by atoms with E-state index >= 15 is 0 Å². The molecule has 0 saturated carbocycles. The van der Waals surface area contributed by atoms with Crippen LogP contribution in [0.3, 0.4) is 0 Å². The van der Waals surface area contributed by atoms with Crippen LogP contribution < -0.4 is 10.5 Å². The van der Waals surface area contributed by atoms with Gasteiger partial charge in [-0.3, -0.25) is 0 Å². The molecule has 0 heterocycles. The molecule has 1 unspecified atom stereocenters. The standard InChI is InChI=1S/C10H14F2N2O2S/c1-7(14-4-5-17(13,15)16)9-6-8(11)2-3-10(9)12/h2-3,6-7,14H,4-5H2,1H3,(H2,13,15,16). The summed E-state index contributed by atoms with van der Waals surface area (Å²) in [5.41, 5.74) is 0.152. The summed E-state index contributed by atoms with van der Waals surface area (Å²) in [6, 6.07) is 2.63. The minimum Gasteiger partial charge on any atom is -0.309 e. The van der Waals surface area contributed by atoms with Crippen LogP contribution in [0.5, 0.6) is 0 Å². The number of benzene rings is 1. The van der Waals surface area contributed by atoms with Gasteiger partial charge in [0.25, 0.3) is 0 Å². The van der Waals surface area contributed by atoms with Gasteiger partial charge in [0.2, 0.25) is 10.0 Å². The van der Waals surface area contributed by atoms with E-state index in [0.717, 1.165) is 18.2 Å². The van der Waals surface area contributed by atoms with Crippen LogP contribution in [0.4, 0.5) is 8.78 Å². The number of halogens is 2. The first kappa shape index (κ1) is 14.0. The normalized spacial score (nSPS) is 13.6. The van der Waals surface area contributed by atoms with Gasteiger partial charge in [-0.2, -0.15) is 0 Å². The Morgan fingerprint density at radius 3 is 2.65 bits per heavy atom. The molecule has 0 saturated heterocycles. The van der Waals surface area contributed by atoms with Crippen LogP contribution in [0, 0.1) is 11.6 Å². The van der Waals surface area contributed by atoms with Crippen LogP contribution in [0.2, 0.25) is 0 Å². The van der Waals surface area contributed by atoms with Gasteiger partial charge in [-0.25, -0.2) is 22.3 Å².